The average Bonchev–Trinajstić information content (AvgIpc) is 3.13. The molecule has 0 amide bonds. The summed E-state index contributed by atoms with van der Waals surface area (Å²) in [6.45, 7) is 4.67. The molecule has 7 heteroatoms. The van der Waals surface area contributed by atoms with E-state index >= 15 is 0 Å². The van der Waals surface area contributed by atoms with Gasteiger partial charge in [0.05, 0.1) is 24.7 Å². The van der Waals surface area contributed by atoms with Crippen LogP contribution in [0.4, 0.5) is 4.39 Å². The second-order valence-electron chi connectivity index (χ2n) is 8.23. The third-order valence-electron chi connectivity index (χ3n) is 5.82. The van der Waals surface area contributed by atoms with Crippen LogP contribution in [0.25, 0.3) is 11.5 Å². The first-order valence-corrected chi connectivity index (χ1v) is 11.1. The van der Waals surface area contributed by atoms with E-state index in [0.717, 1.165) is 43.4 Å². The van der Waals surface area contributed by atoms with E-state index in [1.807, 2.05) is 13.8 Å². The van der Waals surface area contributed by atoms with Crippen molar-refractivity contribution in [1.82, 2.24) is 4.98 Å². The van der Waals surface area contributed by atoms with Gasteiger partial charge in [-0.15, -0.1) is 0 Å². The molecule has 31 heavy (non-hydrogen) atoms. The molecule has 3 atom stereocenters. The predicted octanol–water partition coefficient (Wildman–Crippen LogP) is 5.52. The predicted molar refractivity (Wildman–Crippen MR) is 114 cm³/mol. The van der Waals surface area contributed by atoms with Crippen molar-refractivity contribution in [3.63, 3.8) is 0 Å². The van der Waals surface area contributed by atoms with Crippen molar-refractivity contribution in [1.29, 1.82) is 0 Å². The summed E-state index contributed by atoms with van der Waals surface area (Å²) in [4.78, 5) is 15.8. The summed E-state index contributed by atoms with van der Waals surface area (Å²) in [6, 6.07) is 6.05. The Bertz CT molecular complexity index is 835. The Morgan fingerprint density at radius 2 is 1.94 bits per heavy atom. The lowest BCUT2D eigenvalue weighted by Gasteiger charge is -2.29. The Balaban J connectivity index is 1.46. The maximum atomic E-state index is 13.1. The van der Waals surface area contributed by atoms with E-state index < -0.39 is 5.97 Å². The Hall–Kier alpha value is -2.25. The van der Waals surface area contributed by atoms with Crippen LogP contribution in [-0.4, -0.2) is 34.9 Å². The van der Waals surface area contributed by atoms with E-state index in [2.05, 4.69) is 4.98 Å². The number of aromatic nitrogens is 1. The zero-order chi connectivity index (χ0) is 22.2. The van der Waals surface area contributed by atoms with Gasteiger partial charge in [0, 0.05) is 12.2 Å². The highest BCUT2D eigenvalue weighted by Crippen LogP contribution is 2.27. The fraction of sp³-hybridized carbons (Fsp3) is 0.583. The zero-order valence-corrected chi connectivity index (χ0v) is 18.3. The summed E-state index contributed by atoms with van der Waals surface area (Å²) in [7, 11) is 0. The topological polar surface area (TPSA) is 81.8 Å². The van der Waals surface area contributed by atoms with Crippen LogP contribution < -0.4 is 0 Å². The number of aliphatic carboxylic acids is 1. The van der Waals surface area contributed by atoms with Crippen LogP contribution in [0, 0.1) is 18.7 Å². The van der Waals surface area contributed by atoms with E-state index in [1.165, 1.54) is 12.1 Å². The lowest BCUT2D eigenvalue weighted by Crippen LogP contribution is -2.29. The number of rotatable bonds is 11. The van der Waals surface area contributed by atoms with Crippen molar-refractivity contribution in [2.75, 3.05) is 6.61 Å². The van der Waals surface area contributed by atoms with Crippen LogP contribution in [0.3, 0.4) is 0 Å². The van der Waals surface area contributed by atoms with Crippen molar-refractivity contribution >= 4 is 5.97 Å². The van der Waals surface area contributed by atoms with E-state index in [1.54, 1.807) is 12.1 Å². The minimum Gasteiger partial charge on any atom is -0.481 e. The number of hydrogen-bond acceptors (Lipinski definition) is 5. The molecule has 1 fully saturated rings. The second-order valence-corrected chi connectivity index (χ2v) is 8.23. The second kappa shape index (κ2) is 11.4. The van der Waals surface area contributed by atoms with Gasteiger partial charge < -0.3 is 19.0 Å². The van der Waals surface area contributed by atoms with Crippen molar-refractivity contribution in [2.24, 2.45) is 5.92 Å². The number of halogens is 1. The van der Waals surface area contributed by atoms with Crippen molar-refractivity contribution in [2.45, 2.75) is 77.6 Å². The van der Waals surface area contributed by atoms with Gasteiger partial charge in [0.2, 0.25) is 5.89 Å². The number of aryl methyl sites for hydroxylation is 1. The molecule has 1 aliphatic carbocycles. The van der Waals surface area contributed by atoms with Crippen LogP contribution in [0.15, 0.2) is 28.7 Å². The minimum atomic E-state index is -0.738. The third kappa shape index (κ3) is 6.87. The van der Waals surface area contributed by atoms with Gasteiger partial charge in [-0.1, -0.05) is 13.3 Å². The van der Waals surface area contributed by atoms with Gasteiger partial charge in [0.15, 0.2) is 0 Å². The molecular formula is C24H32FNO5. The first-order chi connectivity index (χ1) is 15.0. The highest BCUT2D eigenvalue weighted by atomic mass is 19.1. The number of benzene rings is 1. The molecule has 1 saturated carbocycles. The normalized spacial score (nSPS) is 20.0. The zero-order valence-electron chi connectivity index (χ0n) is 18.3. The monoisotopic (exact) mass is 433 g/mol. The quantitative estimate of drug-likeness (QED) is 0.502. The molecule has 1 heterocycles. The Morgan fingerprint density at radius 1 is 1.23 bits per heavy atom. The molecule has 1 aromatic heterocycles. The number of carbonyl (C=O) groups is 1. The van der Waals surface area contributed by atoms with Crippen LogP contribution in [0.5, 0.6) is 0 Å². The van der Waals surface area contributed by atoms with Crippen LogP contribution in [0.2, 0.25) is 0 Å². The number of carboxylic acid groups (broad SMARTS) is 1. The number of nitrogens with zero attached hydrogens (tertiary/aromatic N) is 1. The van der Waals surface area contributed by atoms with Crippen LogP contribution >= 0.6 is 0 Å². The standard InChI is InChI=1S/C24H32FNO5/c1-3-5-18(24(27)28)12-13-29-20-6-4-7-21(14-20)30-15-22-16(2)31-23(26-22)17-8-10-19(25)11-9-17/h8-11,18,20-21H,3-7,12-15H2,1-2H3,(H,27,28)/t18?,20-,21+/m1/s1. The van der Waals surface area contributed by atoms with Gasteiger partial charge >= 0.3 is 5.97 Å². The molecule has 0 bridgehead atoms. The molecule has 3 rings (SSSR count). The summed E-state index contributed by atoms with van der Waals surface area (Å²) in [5.41, 5.74) is 1.47. The minimum absolute atomic E-state index is 0.0787. The largest absolute Gasteiger partial charge is 0.481 e. The van der Waals surface area contributed by atoms with Crippen LogP contribution in [-0.2, 0) is 20.9 Å². The molecule has 0 radical (unpaired) electrons. The molecule has 0 saturated heterocycles. The average molecular weight is 434 g/mol. The Kier molecular flexibility index (Phi) is 8.60. The first-order valence-electron chi connectivity index (χ1n) is 11.1. The van der Waals surface area contributed by atoms with Crippen molar-refractivity contribution < 1.29 is 28.2 Å². The molecule has 1 unspecified atom stereocenters. The van der Waals surface area contributed by atoms with Crippen molar-refractivity contribution in [3.05, 3.63) is 41.5 Å². The van der Waals surface area contributed by atoms with Gasteiger partial charge in [-0.05, 0) is 69.7 Å². The molecule has 6 nitrogen and oxygen atoms in total. The summed E-state index contributed by atoms with van der Waals surface area (Å²) in [5, 5.41) is 9.26. The molecule has 0 spiro atoms. The molecule has 2 aromatic rings. The molecule has 1 aliphatic rings. The maximum absolute atomic E-state index is 13.1. The Morgan fingerprint density at radius 3 is 2.61 bits per heavy atom. The third-order valence-corrected chi connectivity index (χ3v) is 5.82. The molecule has 1 aromatic carbocycles. The highest BCUT2D eigenvalue weighted by Gasteiger charge is 2.25. The van der Waals surface area contributed by atoms with Gasteiger partial charge in [-0.25, -0.2) is 9.37 Å². The smallest absolute Gasteiger partial charge is 0.306 e. The van der Waals surface area contributed by atoms with Gasteiger partial charge in [-0.2, -0.15) is 0 Å². The lowest BCUT2D eigenvalue weighted by molar-refractivity contribution is -0.143. The lowest BCUT2D eigenvalue weighted by atomic mass is 9.94. The van der Waals surface area contributed by atoms with Gasteiger partial charge in [-0.3, -0.25) is 4.79 Å². The summed E-state index contributed by atoms with van der Waals surface area (Å²) >= 11 is 0. The van der Waals surface area contributed by atoms with E-state index in [0.29, 0.717) is 37.7 Å². The number of oxazole rings is 1. The molecular weight excluding hydrogens is 401 g/mol. The Labute approximate surface area is 182 Å². The highest BCUT2D eigenvalue weighted by molar-refractivity contribution is 5.69. The number of carboxylic acids is 1. The number of ether oxygens (including phenoxy) is 2. The first kappa shape index (κ1) is 23.4. The summed E-state index contributed by atoms with van der Waals surface area (Å²) < 4.78 is 30.9. The molecule has 170 valence electrons. The maximum Gasteiger partial charge on any atom is 0.306 e. The number of hydrogen-bond donors (Lipinski definition) is 1. The summed E-state index contributed by atoms with van der Waals surface area (Å²) in [5.74, 6) is -0.211. The van der Waals surface area contributed by atoms with Crippen LogP contribution in [0.1, 0.15) is 63.3 Å². The summed E-state index contributed by atoms with van der Waals surface area (Å²) in [6.07, 6.45) is 6.04. The molecule has 0 aliphatic heterocycles. The van der Waals surface area contributed by atoms with E-state index in [-0.39, 0.29) is 23.9 Å². The SMILES string of the molecule is CCCC(CCO[C@@H]1CCC[C@H](OCc2nc(-c3ccc(F)cc3)oc2C)C1)C(=O)O. The fourth-order valence-electron chi connectivity index (χ4n) is 4.00. The van der Waals surface area contributed by atoms with Gasteiger partial charge in [0.25, 0.3) is 0 Å². The van der Waals surface area contributed by atoms with E-state index in [9.17, 15) is 14.3 Å². The van der Waals surface area contributed by atoms with Gasteiger partial charge in [0.1, 0.15) is 17.3 Å². The molecule has 1 N–H and O–H groups in total. The fourth-order valence-corrected chi connectivity index (χ4v) is 4.00. The van der Waals surface area contributed by atoms with E-state index in [4.69, 9.17) is 13.9 Å². The van der Waals surface area contributed by atoms with Crippen molar-refractivity contribution in [3.8, 4) is 11.5 Å².